The number of alkyl halides is 1. The Bertz CT molecular complexity index is 711. The lowest BCUT2D eigenvalue weighted by Gasteiger charge is -2.48. The van der Waals surface area contributed by atoms with Gasteiger partial charge in [-0.15, -0.1) is 23.4 Å². The molecule has 0 spiro atoms. The van der Waals surface area contributed by atoms with Gasteiger partial charge in [-0.1, -0.05) is 12.1 Å². The summed E-state index contributed by atoms with van der Waals surface area (Å²) < 4.78 is 10.5. The number of halogens is 2. The van der Waals surface area contributed by atoms with E-state index in [-0.39, 0.29) is 29.5 Å². The van der Waals surface area contributed by atoms with Crippen LogP contribution >= 0.6 is 35.1 Å². The van der Waals surface area contributed by atoms with E-state index < -0.39 is 12.0 Å². The first-order valence-electron chi connectivity index (χ1n) is 7.49. The van der Waals surface area contributed by atoms with Gasteiger partial charge >= 0.3 is 5.97 Å². The molecule has 3 rings (SSSR count). The van der Waals surface area contributed by atoms with Crippen LogP contribution in [0.1, 0.15) is 5.56 Å². The van der Waals surface area contributed by atoms with Gasteiger partial charge in [-0.2, -0.15) is 0 Å². The Morgan fingerprint density at radius 1 is 1.40 bits per heavy atom. The van der Waals surface area contributed by atoms with E-state index in [4.69, 9.17) is 32.9 Å². The summed E-state index contributed by atoms with van der Waals surface area (Å²) in [5, 5.41) is -0.222. The summed E-state index contributed by atoms with van der Waals surface area (Å²) >= 11 is 13.1. The Labute approximate surface area is 159 Å². The molecule has 2 atom stereocenters. The largest absolute Gasteiger partial charge is 0.497 e. The fourth-order valence-corrected chi connectivity index (χ4v) is 4.65. The Kier molecular flexibility index (Phi) is 5.78. The van der Waals surface area contributed by atoms with Crippen LogP contribution in [-0.2, 0) is 20.9 Å². The number of ether oxygens (including phenoxy) is 2. The predicted octanol–water partition coefficient (Wildman–Crippen LogP) is 2.26. The predicted molar refractivity (Wildman–Crippen MR) is 96.4 cm³/mol. The molecule has 0 aromatic heterocycles. The van der Waals surface area contributed by atoms with Crippen molar-refractivity contribution >= 4 is 47.0 Å². The van der Waals surface area contributed by atoms with Crippen molar-refractivity contribution < 1.29 is 19.1 Å². The third kappa shape index (κ3) is 3.46. The second kappa shape index (κ2) is 7.86. The van der Waals surface area contributed by atoms with Crippen LogP contribution in [0, 0.1) is 0 Å². The lowest BCUT2D eigenvalue weighted by molar-refractivity contribution is -0.152. The van der Waals surface area contributed by atoms with Crippen molar-refractivity contribution in [3.05, 3.63) is 41.1 Å². The second-order valence-corrected chi connectivity index (χ2v) is 7.10. The molecule has 25 heavy (non-hydrogen) atoms. The van der Waals surface area contributed by atoms with E-state index in [0.717, 1.165) is 11.3 Å². The van der Waals surface area contributed by atoms with Gasteiger partial charge in [0.15, 0.2) is 0 Å². The van der Waals surface area contributed by atoms with Crippen LogP contribution in [-0.4, -0.2) is 46.9 Å². The molecule has 2 heterocycles. The highest BCUT2D eigenvalue weighted by molar-refractivity contribution is 8.00. The molecule has 0 aliphatic carbocycles. The SMILES string of the molecule is COc1ccc(COC(=O)C2=C(CCl)CS[C@@H]3[C@H](NCl)C(=O)N23)cc1. The van der Waals surface area contributed by atoms with Crippen LogP contribution in [0.5, 0.6) is 5.75 Å². The number of hydrogen-bond acceptors (Lipinski definition) is 6. The Hall–Kier alpha value is -1.41. The minimum absolute atomic E-state index is 0.0961. The van der Waals surface area contributed by atoms with Crippen LogP contribution in [0.3, 0.4) is 0 Å². The molecule has 1 fully saturated rings. The van der Waals surface area contributed by atoms with Crippen molar-refractivity contribution in [3.8, 4) is 5.75 Å². The Morgan fingerprint density at radius 2 is 2.12 bits per heavy atom. The molecular formula is C16H16Cl2N2O4S. The number of fused-ring (bicyclic) bond motifs is 1. The minimum atomic E-state index is -0.557. The van der Waals surface area contributed by atoms with Gasteiger partial charge in [-0.05, 0) is 35.0 Å². The highest BCUT2D eigenvalue weighted by atomic mass is 35.5. The number of methoxy groups -OCH3 is 1. The van der Waals surface area contributed by atoms with Crippen LogP contribution in [0.15, 0.2) is 35.5 Å². The van der Waals surface area contributed by atoms with Crippen molar-refractivity contribution in [2.24, 2.45) is 0 Å². The standard InChI is InChI=1S/C16H16Cl2N2O4S/c1-23-11-4-2-9(3-5-11)7-24-16(22)13-10(6-17)8-25-15-12(19-18)14(21)20(13)15/h2-5,12,15,19H,6-8H2,1H3/t12-,15-/m1/s1. The summed E-state index contributed by atoms with van der Waals surface area (Å²) in [4.78, 5) is 28.7. The van der Waals surface area contributed by atoms with Gasteiger partial charge in [-0.3, -0.25) is 9.69 Å². The number of nitrogens with zero attached hydrogens (tertiary/aromatic N) is 1. The van der Waals surface area contributed by atoms with Gasteiger partial charge in [0.25, 0.3) is 0 Å². The summed E-state index contributed by atoms with van der Waals surface area (Å²) in [7, 11) is 1.58. The first-order valence-corrected chi connectivity index (χ1v) is 9.45. The number of nitrogens with one attached hydrogen (secondary N) is 1. The maximum Gasteiger partial charge on any atom is 0.355 e. The van der Waals surface area contributed by atoms with Gasteiger partial charge in [0.05, 0.1) is 7.11 Å². The molecule has 0 radical (unpaired) electrons. The van der Waals surface area contributed by atoms with Gasteiger partial charge in [0, 0.05) is 11.6 Å². The first-order chi connectivity index (χ1) is 12.1. The quantitative estimate of drug-likeness (QED) is 0.340. The topological polar surface area (TPSA) is 67.9 Å². The lowest BCUT2D eigenvalue weighted by atomic mass is 10.0. The molecular weight excluding hydrogens is 387 g/mol. The third-order valence-corrected chi connectivity index (χ3v) is 5.95. The number of benzene rings is 1. The van der Waals surface area contributed by atoms with Crippen LogP contribution < -0.4 is 9.57 Å². The molecule has 1 aromatic rings. The Balaban J connectivity index is 1.72. The van der Waals surface area contributed by atoms with E-state index >= 15 is 0 Å². The van der Waals surface area contributed by atoms with E-state index in [1.54, 1.807) is 19.2 Å². The maximum absolute atomic E-state index is 12.6. The molecule has 2 aliphatic rings. The number of esters is 1. The van der Waals surface area contributed by atoms with Crippen molar-refractivity contribution in [3.63, 3.8) is 0 Å². The zero-order valence-corrected chi connectivity index (χ0v) is 15.7. The van der Waals surface area contributed by atoms with Gasteiger partial charge < -0.3 is 9.47 Å². The zero-order chi connectivity index (χ0) is 18.0. The number of β-lactam (4-membered cyclic amide) rings is 1. The van der Waals surface area contributed by atoms with Crippen molar-refractivity contribution in [2.45, 2.75) is 18.0 Å². The number of thioether (sulfide) groups is 1. The molecule has 0 saturated carbocycles. The van der Waals surface area contributed by atoms with E-state index in [9.17, 15) is 9.59 Å². The summed E-state index contributed by atoms with van der Waals surface area (Å²) in [5.74, 6) is 0.625. The fourth-order valence-electron chi connectivity index (χ4n) is 2.68. The van der Waals surface area contributed by atoms with Crippen LogP contribution in [0.4, 0.5) is 0 Å². The molecule has 9 heteroatoms. The number of rotatable bonds is 6. The lowest BCUT2D eigenvalue weighted by Crippen LogP contribution is -2.68. The monoisotopic (exact) mass is 402 g/mol. The van der Waals surface area contributed by atoms with Crippen LogP contribution in [0.2, 0.25) is 0 Å². The molecule has 0 unspecified atom stereocenters. The number of carbonyl (C=O) groups is 2. The Morgan fingerprint density at radius 3 is 2.72 bits per heavy atom. The number of carbonyl (C=O) groups excluding carboxylic acids is 2. The summed E-state index contributed by atoms with van der Waals surface area (Å²) in [6, 6.07) is 6.69. The van der Waals surface area contributed by atoms with Crippen molar-refractivity contribution in [1.29, 1.82) is 0 Å². The molecule has 134 valence electrons. The van der Waals surface area contributed by atoms with Gasteiger partial charge in [0.1, 0.15) is 29.5 Å². The summed E-state index contributed by atoms with van der Waals surface area (Å²) in [5.41, 5.74) is 1.74. The highest BCUT2D eigenvalue weighted by Crippen LogP contribution is 2.41. The highest BCUT2D eigenvalue weighted by Gasteiger charge is 2.53. The average Bonchev–Trinajstić information content (AvgIpc) is 2.65. The van der Waals surface area contributed by atoms with Crippen molar-refractivity contribution in [2.75, 3.05) is 18.7 Å². The molecule has 1 saturated heterocycles. The molecule has 1 N–H and O–H groups in total. The van der Waals surface area contributed by atoms with Crippen LogP contribution in [0.25, 0.3) is 0 Å². The molecule has 1 aromatic carbocycles. The number of hydrogen-bond donors (Lipinski definition) is 1. The smallest absolute Gasteiger partial charge is 0.355 e. The first kappa shape index (κ1) is 18.4. The molecule has 2 aliphatic heterocycles. The summed E-state index contributed by atoms with van der Waals surface area (Å²) in [6.07, 6.45) is 0. The maximum atomic E-state index is 12.6. The fraction of sp³-hybridized carbons (Fsp3) is 0.375. The molecule has 0 bridgehead atoms. The minimum Gasteiger partial charge on any atom is -0.497 e. The van der Waals surface area contributed by atoms with E-state index in [1.807, 2.05) is 12.1 Å². The van der Waals surface area contributed by atoms with E-state index in [1.165, 1.54) is 16.7 Å². The van der Waals surface area contributed by atoms with E-state index in [2.05, 4.69) is 4.84 Å². The zero-order valence-electron chi connectivity index (χ0n) is 13.3. The van der Waals surface area contributed by atoms with Gasteiger partial charge in [0.2, 0.25) is 5.91 Å². The normalized spacial score (nSPS) is 22.4. The molecule has 6 nitrogen and oxygen atoms in total. The summed E-state index contributed by atoms with van der Waals surface area (Å²) in [6.45, 7) is 0.0961. The average molecular weight is 403 g/mol. The van der Waals surface area contributed by atoms with Gasteiger partial charge in [-0.25, -0.2) is 9.63 Å². The van der Waals surface area contributed by atoms with Crippen molar-refractivity contribution in [1.82, 2.24) is 9.74 Å². The van der Waals surface area contributed by atoms with E-state index in [0.29, 0.717) is 11.3 Å². The second-order valence-electron chi connectivity index (χ2n) is 5.51. The molecule has 1 amide bonds. The third-order valence-electron chi connectivity index (χ3n) is 4.05. The number of amides is 1.